The van der Waals surface area contributed by atoms with Crippen LogP contribution >= 0.6 is 27.3 Å². The van der Waals surface area contributed by atoms with E-state index in [2.05, 4.69) is 22.0 Å². The first-order valence-electron chi connectivity index (χ1n) is 2.40. The fourth-order valence-electron chi connectivity index (χ4n) is 0.562. The average molecular weight is 202 g/mol. The molecule has 0 bridgehead atoms. The van der Waals surface area contributed by atoms with Crippen molar-refractivity contribution in [1.82, 2.24) is 0 Å². The quantitative estimate of drug-likeness (QED) is 0.634. The van der Waals surface area contributed by atoms with Crippen LogP contribution in [-0.2, 0) is 0 Å². The lowest BCUT2D eigenvalue weighted by Crippen LogP contribution is -1.61. The highest BCUT2D eigenvalue weighted by atomic mass is 79.9. The Kier molecular flexibility index (Phi) is 1.89. The van der Waals surface area contributed by atoms with Crippen LogP contribution in [0.25, 0.3) is 0 Å². The van der Waals surface area contributed by atoms with Crippen molar-refractivity contribution in [3.8, 4) is 6.07 Å². The molecule has 1 aromatic rings. The summed E-state index contributed by atoms with van der Waals surface area (Å²) in [5.41, 5.74) is 0.734. The fourth-order valence-corrected chi connectivity index (χ4v) is 2.21. The molecule has 1 rings (SSSR count). The Morgan fingerprint density at radius 3 is 2.67 bits per heavy atom. The maximum atomic E-state index is 8.46. The van der Waals surface area contributed by atoms with Gasteiger partial charge in [0.05, 0.1) is 9.35 Å². The van der Waals surface area contributed by atoms with Crippen molar-refractivity contribution in [2.45, 2.75) is 6.92 Å². The number of hydrogen-bond donors (Lipinski definition) is 0. The molecule has 0 fully saturated rings. The van der Waals surface area contributed by atoms with Gasteiger partial charge < -0.3 is 0 Å². The number of nitriles is 1. The van der Waals surface area contributed by atoms with Gasteiger partial charge in [0.25, 0.3) is 0 Å². The van der Waals surface area contributed by atoms with E-state index in [1.807, 2.05) is 13.0 Å². The molecule has 1 nitrogen and oxygen atoms in total. The summed E-state index contributed by atoms with van der Waals surface area (Å²) in [5, 5.41) is 8.46. The maximum Gasteiger partial charge on any atom is 0.101 e. The molecule has 1 heterocycles. The van der Waals surface area contributed by atoms with Crippen molar-refractivity contribution < 1.29 is 0 Å². The number of hydrogen-bond acceptors (Lipinski definition) is 2. The van der Waals surface area contributed by atoms with Crippen LogP contribution in [0.4, 0.5) is 0 Å². The van der Waals surface area contributed by atoms with E-state index < -0.39 is 0 Å². The zero-order chi connectivity index (χ0) is 6.85. The molecular weight excluding hydrogens is 198 g/mol. The van der Waals surface area contributed by atoms with Crippen LogP contribution in [0, 0.1) is 18.3 Å². The highest BCUT2D eigenvalue weighted by molar-refractivity contribution is 9.11. The van der Waals surface area contributed by atoms with Gasteiger partial charge in [-0.25, -0.2) is 0 Å². The van der Waals surface area contributed by atoms with Crippen LogP contribution in [0.1, 0.15) is 10.4 Å². The summed E-state index contributed by atoms with van der Waals surface area (Å²) in [7, 11) is 0. The molecule has 0 unspecified atom stereocenters. The van der Waals surface area contributed by atoms with Gasteiger partial charge in [-0.3, -0.25) is 0 Å². The van der Waals surface area contributed by atoms with E-state index in [1.165, 1.54) is 4.88 Å². The molecular formula is C6H4BrNS. The van der Waals surface area contributed by atoms with E-state index in [0.29, 0.717) is 0 Å². The van der Waals surface area contributed by atoms with E-state index >= 15 is 0 Å². The molecule has 0 atom stereocenters. The third kappa shape index (κ3) is 1.32. The van der Waals surface area contributed by atoms with Crippen molar-refractivity contribution in [3.63, 3.8) is 0 Å². The Balaban J connectivity index is 3.20. The predicted molar refractivity (Wildman–Crippen MR) is 41.5 cm³/mol. The monoisotopic (exact) mass is 201 g/mol. The molecule has 3 heteroatoms. The minimum atomic E-state index is 0.734. The molecule has 0 aliphatic heterocycles. The highest BCUT2D eigenvalue weighted by Gasteiger charge is 2.00. The molecule has 0 saturated heterocycles. The minimum Gasteiger partial charge on any atom is -0.192 e. The summed E-state index contributed by atoms with van der Waals surface area (Å²) in [4.78, 5) is 1.17. The summed E-state index contributed by atoms with van der Waals surface area (Å²) in [6.07, 6.45) is 0. The first-order chi connectivity index (χ1) is 4.24. The zero-order valence-corrected chi connectivity index (χ0v) is 7.21. The molecule has 0 aliphatic carbocycles. The lowest BCUT2D eigenvalue weighted by Gasteiger charge is -1.74. The van der Waals surface area contributed by atoms with Crippen molar-refractivity contribution in [3.05, 3.63) is 20.3 Å². The summed E-state index contributed by atoms with van der Waals surface area (Å²) >= 11 is 4.86. The highest BCUT2D eigenvalue weighted by Crippen LogP contribution is 2.26. The van der Waals surface area contributed by atoms with E-state index in [4.69, 9.17) is 5.26 Å². The third-order valence-electron chi connectivity index (χ3n) is 0.930. The van der Waals surface area contributed by atoms with Gasteiger partial charge in [-0.2, -0.15) is 5.26 Å². The van der Waals surface area contributed by atoms with Crippen LogP contribution in [0.5, 0.6) is 0 Å². The number of nitrogens with zero attached hydrogens (tertiary/aromatic N) is 1. The van der Waals surface area contributed by atoms with Gasteiger partial charge in [0.2, 0.25) is 0 Å². The van der Waals surface area contributed by atoms with E-state index in [0.717, 1.165) is 9.35 Å². The van der Waals surface area contributed by atoms with Crippen LogP contribution in [0.2, 0.25) is 0 Å². The summed E-state index contributed by atoms with van der Waals surface area (Å²) in [6, 6.07) is 3.95. The molecule has 0 N–H and O–H groups in total. The molecule has 0 aromatic carbocycles. The second-order valence-corrected chi connectivity index (χ2v) is 4.23. The molecule has 1 aromatic heterocycles. The van der Waals surface area contributed by atoms with Crippen molar-refractivity contribution >= 4 is 27.3 Å². The average Bonchev–Trinajstić information content (AvgIpc) is 2.10. The Bertz CT molecular complexity index is 259. The van der Waals surface area contributed by atoms with Gasteiger partial charge in [0.15, 0.2) is 0 Å². The van der Waals surface area contributed by atoms with Gasteiger partial charge in [-0.05, 0) is 28.9 Å². The molecule has 0 spiro atoms. The van der Waals surface area contributed by atoms with Gasteiger partial charge in [-0.1, -0.05) is 0 Å². The lowest BCUT2D eigenvalue weighted by molar-refractivity contribution is 1.49. The molecule has 0 aliphatic rings. The largest absolute Gasteiger partial charge is 0.192 e. The smallest absolute Gasteiger partial charge is 0.101 e. The minimum absolute atomic E-state index is 0.734. The number of aryl methyl sites for hydroxylation is 1. The second-order valence-electron chi connectivity index (χ2n) is 1.66. The van der Waals surface area contributed by atoms with Crippen molar-refractivity contribution in [2.75, 3.05) is 0 Å². The third-order valence-corrected chi connectivity index (χ3v) is 2.68. The standard InChI is InChI=1S/C6H4BrNS/c1-4-2-5(3-8)6(7)9-4/h2H,1H3. The Morgan fingerprint density at radius 1 is 1.78 bits per heavy atom. The molecule has 9 heavy (non-hydrogen) atoms. The van der Waals surface area contributed by atoms with Gasteiger partial charge in [0.1, 0.15) is 6.07 Å². The lowest BCUT2D eigenvalue weighted by atomic mass is 10.3. The summed E-state index contributed by atoms with van der Waals surface area (Å²) in [6.45, 7) is 1.98. The molecule has 0 saturated carbocycles. The van der Waals surface area contributed by atoms with E-state index in [9.17, 15) is 0 Å². The van der Waals surface area contributed by atoms with Gasteiger partial charge in [0, 0.05) is 4.88 Å². The fraction of sp³-hybridized carbons (Fsp3) is 0.167. The van der Waals surface area contributed by atoms with Gasteiger partial charge >= 0.3 is 0 Å². The number of rotatable bonds is 0. The van der Waals surface area contributed by atoms with Crippen LogP contribution in [-0.4, -0.2) is 0 Å². The molecule has 46 valence electrons. The predicted octanol–water partition coefficient (Wildman–Crippen LogP) is 2.69. The maximum absolute atomic E-state index is 8.46. The first-order valence-corrected chi connectivity index (χ1v) is 4.01. The first kappa shape index (κ1) is 6.79. The Morgan fingerprint density at radius 2 is 2.44 bits per heavy atom. The van der Waals surface area contributed by atoms with Crippen LogP contribution in [0.15, 0.2) is 9.85 Å². The molecule has 0 radical (unpaired) electrons. The van der Waals surface area contributed by atoms with Crippen molar-refractivity contribution in [2.24, 2.45) is 0 Å². The molecule has 0 amide bonds. The summed E-state index contributed by atoms with van der Waals surface area (Å²) in [5.74, 6) is 0. The van der Waals surface area contributed by atoms with Crippen LogP contribution < -0.4 is 0 Å². The van der Waals surface area contributed by atoms with Crippen LogP contribution in [0.3, 0.4) is 0 Å². The summed E-state index contributed by atoms with van der Waals surface area (Å²) < 4.78 is 0.933. The topological polar surface area (TPSA) is 23.8 Å². The SMILES string of the molecule is Cc1cc(C#N)c(Br)s1. The Labute approximate surface area is 66.1 Å². The van der Waals surface area contributed by atoms with Crippen molar-refractivity contribution in [1.29, 1.82) is 5.26 Å². The number of halogens is 1. The number of thiophene rings is 1. The normalized spacial score (nSPS) is 9.00. The zero-order valence-electron chi connectivity index (χ0n) is 4.81. The van der Waals surface area contributed by atoms with E-state index in [1.54, 1.807) is 11.3 Å². The second kappa shape index (κ2) is 2.51. The van der Waals surface area contributed by atoms with Gasteiger partial charge in [-0.15, -0.1) is 11.3 Å². The van der Waals surface area contributed by atoms with E-state index in [-0.39, 0.29) is 0 Å². The Hall–Kier alpha value is -0.330.